The molecule has 1 aromatic carbocycles. The van der Waals surface area contributed by atoms with Crippen LogP contribution in [0.1, 0.15) is 34.1 Å². The lowest BCUT2D eigenvalue weighted by molar-refractivity contribution is 0.0671. The third kappa shape index (κ3) is 3.44. The van der Waals surface area contributed by atoms with Gasteiger partial charge in [-0.1, -0.05) is 12.1 Å². The van der Waals surface area contributed by atoms with E-state index in [0.29, 0.717) is 19.6 Å². The first-order valence-corrected chi connectivity index (χ1v) is 9.24. The number of anilines is 1. The molecule has 6 nitrogen and oxygen atoms in total. The minimum absolute atomic E-state index is 0.0171. The topological polar surface area (TPSA) is 65.6 Å². The van der Waals surface area contributed by atoms with E-state index in [2.05, 4.69) is 9.88 Å². The molecule has 6 heteroatoms. The van der Waals surface area contributed by atoms with E-state index in [1.54, 1.807) is 12.0 Å². The Morgan fingerprint density at radius 2 is 1.85 bits per heavy atom. The number of aromatic nitrogens is 1. The number of methoxy groups -OCH3 is 1. The van der Waals surface area contributed by atoms with Crippen molar-refractivity contribution < 1.29 is 9.53 Å². The van der Waals surface area contributed by atoms with Gasteiger partial charge in [0.15, 0.2) is 0 Å². The minimum atomic E-state index is -0.306. The molecule has 0 saturated carbocycles. The number of nitrogens with zero attached hydrogens (tertiary/aromatic N) is 2. The van der Waals surface area contributed by atoms with Crippen molar-refractivity contribution in [3.63, 3.8) is 0 Å². The van der Waals surface area contributed by atoms with Crippen LogP contribution in [0, 0.1) is 20.8 Å². The second kappa shape index (κ2) is 7.47. The van der Waals surface area contributed by atoms with Gasteiger partial charge in [0.1, 0.15) is 11.3 Å². The maximum atomic E-state index is 13.1. The van der Waals surface area contributed by atoms with Crippen LogP contribution in [0.15, 0.2) is 29.1 Å². The lowest BCUT2D eigenvalue weighted by Gasteiger charge is -2.41. The number of pyridine rings is 1. The highest BCUT2D eigenvalue weighted by atomic mass is 16.5. The van der Waals surface area contributed by atoms with E-state index < -0.39 is 0 Å². The molecule has 1 N–H and O–H groups in total. The van der Waals surface area contributed by atoms with Gasteiger partial charge in [-0.05, 0) is 51.0 Å². The second-order valence-corrected chi connectivity index (χ2v) is 7.17. The molecule has 1 atom stereocenters. The molecule has 0 aliphatic carbocycles. The molecule has 0 radical (unpaired) electrons. The van der Waals surface area contributed by atoms with Crippen molar-refractivity contribution in [2.24, 2.45) is 0 Å². The Morgan fingerprint density at radius 1 is 1.15 bits per heavy atom. The van der Waals surface area contributed by atoms with Crippen LogP contribution in [0.2, 0.25) is 0 Å². The number of amides is 1. The van der Waals surface area contributed by atoms with Crippen LogP contribution in [0.3, 0.4) is 0 Å². The van der Waals surface area contributed by atoms with Gasteiger partial charge in [-0.25, -0.2) is 0 Å². The number of carbonyl (C=O) groups is 1. The number of aromatic amines is 1. The Bertz CT molecular complexity index is 919. The summed E-state index contributed by atoms with van der Waals surface area (Å²) < 4.78 is 5.47. The molecule has 0 unspecified atom stereocenters. The Balaban J connectivity index is 1.84. The summed E-state index contributed by atoms with van der Waals surface area (Å²) in [5.41, 5.74) is 3.51. The minimum Gasteiger partial charge on any atom is -0.495 e. The van der Waals surface area contributed by atoms with Gasteiger partial charge < -0.3 is 19.5 Å². The molecule has 2 heterocycles. The van der Waals surface area contributed by atoms with Crippen molar-refractivity contribution in [1.29, 1.82) is 0 Å². The number of carbonyl (C=O) groups excluding carboxylic acids is 1. The maximum absolute atomic E-state index is 13.1. The van der Waals surface area contributed by atoms with Crippen LogP contribution in [-0.4, -0.2) is 48.6 Å². The molecule has 0 spiro atoms. The highest BCUT2D eigenvalue weighted by Gasteiger charge is 2.31. The highest BCUT2D eigenvalue weighted by molar-refractivity contribution is 5.96. The predicted molar refractivity (Wildman–Crippen MR) is 107 cm³/mol. The van der Waals surface area contributed by atoms with E-state index in [1.165, 1.54) is 0 Å². The normalized spacial score (nSPS) is 17.1. The van der Waals surface area contributed by atoms with Gasteiger partial charge >= 0.3 is 0 Å². The Kier molecular flexibility index (Phi) is 5.26. The number of H-pyrrole nitrogens is 1. The molecular weight excluding hydrogens is 342 g/mol. The lowest BCUT2D eigenvalue weighted by Crippen LogP contribution is -2.55. The van der Waals surface area contributed by atoms with E-state index in [4.69, 9.17) is 4.74 Å². The summed E-state index contributed by atoms with van der Waals surface area (Å²) in [5, 5.41) is 0. The Labute approximate surface area is 159 Å². The number of hydrogen-bond acceptors (Lipinski definition) is 4. The van der Waals surface area contributed by atoms with Gasteiger partial charge in [0, 0.05) is 31.4 Å². The largest absolute Gasteiger partial charge is 0.495 e. The molecule has 144 valence electrons. The summed E-state index contributed by atoms with van der Waals surface area (Å²) in [6.45, 7) is 9.59. The molecule has 27 heavy (non-hydrogen) atoms. The van der Waals surface area contributed by atoms with Gasteiger partial charge in [0.2, 0.25) is 0 Å². The van der Waals surface area contributed by atoms with Gasteiger partial charge in [-0.15, -0.1) is 0 Å². The van der Waals surface area contributed by atoms with Crippen LogP contribution >= 0.6 is 0 Å². The van der Waals surface area contributed by atoms with Crippen LogP contribution in [0.4, 0.5) is 5.69 Å². The highest BCUT2D eigenvalue weighted by Crippen LogP contribution is 2.29. The van der Waals surface area contributed by atoms with Crippen molar-refractivity contribution >= 4 is 11.6 Å². The average molecular weight is 369 g/mol. The fourth-order valence-corrected chi connectivity index (χ4v) is 3.74. The summed E-state index contributed by atoms with van der Waals surface area (Å²) in [4.78, 5) is 32.4. The van der Waals surface area contributed by atoms with Gasteiger partial charge in [-0.2, -0.15) is 0 Å². The standard InChI is InChI=1S/C21H27N3O3/c1-13-12-23(17-8-6-7-9-18(17)27-5)10-11-24(13)21(26)19-15(3)14(2)16(4)22-20(19)25/h6-9,13H,10-12H2,1-5H3,(H,22,25)/t13-/m0/s1. The first-order valence-electron chi connectivity index (χ1n) is 9.24. The molecule has 1 saturated heterocycles. The van der Waals surface area contributed by atoms with Crippen LogP contribution < -0.4 is 15.2 Å². The number of rotatable bonds is 3. The average Bonchev–Trinajstić information content (AvgIpc) is 2.66. The van der Waals surface area contributed by atoms with E-state index in [1.807, 2.05) is 52.0 Å². The summed E-state index contributed by atoms with van der Waals surface area (Å²) in [5.74, 6) is 0.634. The van der Waals surface area contributed by atoms with Gasteiger partial charge in [0.25, 0.3) is 11.5 Å². The summed E-state index contributed by atoms with van der Waals surface area (Å²) >= 11 is 0. The van der Waals surface area contributed by atoms with Crippen molar-refractivity contribution in [1.82, 2.24) is 9.88 Å². The zero-order valence-electron chi connectivity index (χ0n) is 16.6. The quantitative estimate of drug-likeness (QED) is 0.903. The van der Waals surface area contributed by atoms with Crippen molar-refractivity contribution in [2.45, 2.75) is 33.7 Å². The molecule has 1 aliphatic heterocycles. The molecule has 1 fully saturated rings. The summed E-state index contributed by atoms with van der Waals surface area (Å²) in [6.07, 6.45) is 0. The molecule has 1 aliphatic rings. The first-order chi connectivity index (χ1) is 12.8. The molecule has 3 rings (SSSR count). The monoisotopic (exact) mass is 369 g/mol. The second-order valence-electron chi connectivity index (χ2n) is 7.17. The zero-order chi connectivity index (χ0) is 19.7. The van der Waals surface area contributed by atoms with Crippen LogP contribution in [0.25, 0.3) is 0 Å². The van der Waals surface area contributed by atoms with Crippen molar-refractivity contribution in [3.8, 4) is 5.75 Å². The SMILES string of the molecule is COc1ccccc1N1CCN(C(=O)c2c(C)c(C)c(C)[nH]c2=O)[C@@H](C)C1. The zero-order valence-corrected chi connectivity index (χ0v) is 16.6. The molecule has 1 aromatic heterocycles. The Morgan fingerprint density at radius 3 is 2.52 bits per heavy atom. The third-order valence-corrected chi connectivity index (χ3v) is 5.56. The number of nitrogens with one attached hydrogen (secondary N) is 1. The first kappa shape index (κ1) is 19.0. The van der Waals surface area contributed by atoms with E-state index in [-0.39, 0.29) is 23.1 Å². The molecule has 0 bridgehead atoms. The van der Waals surface area contributed by atoms with Crippen molar-refractivity contribution in [3.05, 3.63) is 57.0 Å². The number of ether oxygens (including phenoxy) is 1. The fourth-order valence-electron chi connectivity index (χ4n) is 3.74. The molecular formula is C21H27N3O3. The number of piperazine rings is 1. The number of para-hydroxylation sites is 2. The van der Waals surface area contributed by atoms with E-state index >= 15 is 0 Å². The van der Waals surface area contributed by atoms with Crippen LogP contribution in [0.5, 0.6) is 5.75 Å². The smallest absolute Gasteiger partial charge is 0.261 e. The van der Waals surface area contributed by atoms with E-state index in [0.717, 1.165) is 28.3 Å². The maximum Gasteiger partial charge on any atom is 0.261 e. The predicted octanol–water partition coefficient (Wildman–Crippen LogP) is 2.66. The number of aryl methyl sites for hydroxylation is 1. The van der Waals surface area contributed by atoms with Crippen LogP contribution in [-0.2, 0) is 0 Å². The molecule has 2 aromatic rings. The van der Waals surface area contributed by atoms with Gasteiger partial charge in [-0.3, -0.25) is 9.59 Å². The Hall–Kier alpha value is -2.76. The number of hydrogen-bond donors (Lipinski definition) is 1. The fraction of sp³-hybridized carbons (Fsp3) is 0.429. The van der Waals surface area contributed by atoms with Gasteiger partial charge in [0.05, 0.1) is 12.8 Å². The lowest BCUT2D eigenvalue weighted by atomic mass is 10.0. The summed E-state index contributed by atoms with van der Waals surface area (Å²) in [6, 6.07) is 7.88. The third-order valence-electron chi connectivity index (χ3n) is 5.56. The summed E-state index contributed by atoms with van der Waals surface area (Å²) in [7, 11) is 1.66. The molecule has 1 amide bonds. The number of benzene rings is 1. The van der Waals surface area contributed by atoms with E-state index in [9.17, 15) is 9.59 Å². The van der Waals surface area contributed by atoms with Crippen molar-refractivity contribution in [2.75, 3.05) is 31.6 Å².